The zero-order valence-electron chi connectivity index (χ0n) is 7.91. The van der Waals surface area contributed by atoms with Gasteiger partial charge in [-0.1, -0.05) is 0 Å². The number of ether oxygens (including phenoxy) is 1. The molecule has 2 saturated heterocycles. The molecule has 0 aromatic heterocycles. The molecule has 2 heterocycles. The number of morpholine rings is 1. The molecule has 0 saturated carbocycles. The molecule has 0 amide bonds. The fourth-order valence-corrected chi connectivity index (χ4v) is 2.02. The molecule has 2 N–H and O–H groups in total. The van der Waals surface area contributed by atoms with Gasteiger partial charge in [0.25, 0.3) is 0 Å². The average Bonchev–Trinajstić information content (AvgIpc) is 2.54. The van der Waals surface area contributed by atoms with Crippen LogP contribution in [0.2, 0.25) is 0 Å². The van der Waals surface area contributed by atoms with E-state index in [1.165, 1.54) is 0 Å². The van der Waals surface area contributed by atoms with E-state index in [0.29, 0.717) is 5.92 Å². The molecule has 13 heavy (non-hydrogen) atoms. The Hall–Kier alpha value is -0.160. The first-order valence-electron chi connectivity index (χ1n) is 5.05. The van der Waals surface area contributed by atoms with Gasteiger partial charge < -0.3 is 15.2 Å². The van der Waals surface area contributed by atoms with E-state index in [1.807, 2.05) is 0 Å². The van der Waals surface area contributed by atoms with Crippen molar-refractivity contribution in [3.8, 4) is 0 Å². The molecule has 2 unspecified atom stereocenters. The highest BCUT2D eigenvalue weighted by Crippen LogP contribution is 2.11. The molecule has 0 spiro atoms. The molecule has 0 aromatic rings. The molecule has 2 atom stereocenters. The van der Waals surface area contributed by atoms with E-state index in [4.69, 9.17) is 4.74 Å². The Kier molecular flexibility index (Phi) is 3.16. The summed E-state index contributed by atoms with van der Waals surface area (Å²) in [5.74, 6) is 0.415. The standard InChI is InChI=1S/C9H18N2O2/c12-9-6-10-5-8(9)7-11-1-3-13-4-2-11/h8-10,12H,1-7H2. The van der Waals surface area contributed by atoms with E-state index in [9.17, 15) is 5.11 Å². The van der Waals surface area contributed by atoms with Gasteiger partial charge in [-0.05, 0) is 0 Å². The second kappa shape index (κ2) is 4.37. The number of β-amino-alcohol motifs (C(OH)–C–C–N with tert-alkyl or cyclic N) is 1. The summed E-state index contributed by atoms with van der Waals surface area (Å²) in [5.41, 5.74) is 0. The first-order valence-corrected chi connectivity index (χ1v) is 5.05. The Morgan fingerprint density at radius 3 is 2.69 bits per heavy atom. The topological polar surface area (TPSA) is 44.7 Å². The van der Waals surface area contributed by atoms with Crippen LogP contribution in [-0.2, 0) is 4.74 Å². The summed E-state index contributed by atoms with van der Waals surface area (Å²) in [6, 6.07) is 0. The highest BCUT2D eigenvalue weighted by Gasteiger charge is 2.27. The van der Waals surface area contributed by atoms with E-state index >= 15 is 0 Å². The van der Waals surface area contributed by atoms with Crippen molar-refractivity contribution < 1.29 is 9.84 Å². The number of nitrogens with one attached hydrogen (secondary N) is 1. The van der Waals surface area contributed by atoms with Crippen molar-refractivity contribution in [1.29, 1.82) is 0 Å². The van der Waals surface area contributed by atoms with Crippen LogP contribution in [0.1, 0.15) is 0 Å². The van der Waals surface area contributed by atoms with Gasteiger partial charge in [0.05, 0.1) is 19.3 Å². The Morgan fingerprint density at radius 2 is 2.08 bits per heavy atom. The maximum Gasteiger partial charge on any atom is 0.0717 e. The van der Waals surface area contributed by atoms with Crippen LogP contribution in [-0.4, -0.2) is 62.0 Å². The SMILES string of the molecule is OC1CNCC1CN1CCOCC1. The Morgan fingerprint density at radius 1 is 1.31 bits per heavy atom. The predicted molar refractivity (Wildman–Crippen MR) is 49.6 cm³/mol. The van der Waals surface area contributed by atoms with Gasteiger partial charge >= 0.3 is 0 Å². The highest BCUT2D eigenvalue weighted by atomic mass is 16.5. The monoisotopic (exact) mass is 186 g/mol. The first kappa shape index (κ1) is 9.40. The predicted octanol–water partition coefficient (Wildman–Crippen LogP) is -1.10. The largest absolute Gasteiger partial charge is 0.391 e. The lowest BCUT2D eigenvalue weighted by atomic mass is 10.1. The Labute approximate surface area is 78.9 Å². The van der Waals surface area contributed by atoms with Crippen molar-refractivity contribution in [1.82, 2.24) is 10.2 Å². The van der Waals surface area contributed by atoms with Gasteiger partial charge in [0, 0.05) is 38.6 Å². The average molecular weight is 186 g/mol. The maximum absolute atomic E-state index is 9.60. The van der Waals surface area contributed by atoms with Gasteiger partial charge in [-0.25, -0.2) is 0 Å². The van der Waals surface area contributed by atoms with Gasteiger partial charge in [-0.15, -0.1) is 0 Å². The van der Waals surface area contributed by atoms with Gasteiger partial charge in [0.15, 0.2) is 0 Å². The molecule has 4 nitrogen and oxygen atoms in total. The van der Waals surface area contributed by atoms with Crippen LogP contribution in [0.4, 0.5) is 0 Å². The zero-order chi connectivity index (χ0) is 9.10. The summed E-state index contributed by atoms with van der Waals surface area (Å²) in [4.78, 5) is 2.38. The van der Waals surface area contributed by atoms with Crippen molar-refractivity contribution >= 4 is 0 Å². The van der Waals surface area contributed by atoms with Crippen LogP contribution >= 0.6 is 0 Å². The van der Waals surface area contributed by atoms with Crippen LogP contribution in [0.25, 0.3) is 0 Å². The third kappa shape index (κ3) is 2.40. The van der Waals surface area contributed by atoms with Crippen LogP contribution < -0.4 is 5.32 Å². The van der Waals surface area contributed by atoms with Crippen molar-refractivity contribution in [3.63, 3.8) is 0 Å². The molecule has 2 rings (SSSR count). The van der Waals surface area contributed by atoms with Crippen LogP contribution in [0.5, 0.6) is 0 Å². The van der Waals surface area contributed by atoms with Crippen molar-refractivity contribution in [2.24, 2.45) is 5.92 Å². The van der Waals surface area contributed by atoms with Gasteiger partial charge in [0.1, 0.15) is 0 Å². The molecule has 76 valence electrons. The number of aliphatic hydroxyl groups is 1. The lowest BCUT2D eigenvalue weighted by Gasteiger charge is -2.29. The number of hydrogen-bond acceptors (Lipinski definition) is 4. The lowest BCUT2D eigenvalue weighted by Crippen LogP contribution is -2.41. The lowest BCUT2D eigenvalue weighted by molar-refractivity contribution is 0.0210. The summed E-state index contributed by atoms with van der Waals surface area (Å²) in [7, 11) is 0. The Bertz CT molecular complexity index is 160. The van der Waals surface area contributed by atoms with E-state index in [2.05, 4.69) is 10.2 Å². The van der Waals surface area contributed by atoms with E-state index < -0.39 is 0 Å². The summed E-state index contributed by atoms with van der Waals surface area (Å²) in [6.45, 7) is 6.45. The first-order chi connectivity index (χ1) is 6.36. The minimum atomic E-state index is -0.150. The fraction of sp³-hybridized carbons (Fsp3) is 1.00. The van der Waals surface area contributed by atoms with Crippen LogP contribution in [0.3, 0.4) is 0 Å². The summed E-state index contributed by atoms with van der Waals surface area (Å²) in [5, 5.41) is 12.8. The molecule has 0 aliphatic carbocycles. The number of nitrogens with zero attached hydrogens (tertiary/aromatic N) is 1. The number of aliphatic hydroxyl groups excluding tert-OH is 1. The summed E-state index contributed by atoms with van der Waals surface area (Å²) >= 11 is 0. The number of hydrogen-bond donors (Lipinski definition) is 2. The molecule has 0 radical (unpaired) electrons. The third-order valence-electron chi connectivity index (χ3n) is 2.90. The van der Waals surface area contributed by atoms with Crippen LogP contribution in [0, 0.1) is 5.92 Å². The molecule has 0 aromatic carbocycles. The summed E-state index contributed by atoms with van der Waals surface area (Å²) in [6.07, 6.45) is -0.150. The second-order valence-corrected chi connectivity index (χ2v) is 3.90. The minimum Gasteiger partial charge on any atom is -0.391 e. The van der Waals surface area contributed by atoms with Crippen molar-refractivity contribution in [2.75, 3.05) is 45.9 Å². The van der Waals surface area contributed by atoms with Gasteiger partial charge in [-0.2, -0.15) is 0 Å². The molecule has 2 aliphatic rings. The van der Waals surface area contributed by atoms with Gasteiger partial charge in [-0.3, -0.25) is 4.90 Å². The molecular weight excluding hydrogens is 168 g/mol. The highest BCUT2D eigenvalue weighted by molar-refractivity contribution is 4.83. The molecule has 4 heteroatoms. The molecule has 2 fully saturated rings. The third-order valence-corrected chi connectivity index (χ3v) is 2.90. The van der Waals surface area contributed by atoms with E-state index in [1.54, 1.807) is 0 Å². The van der Waals surface area contributed by atoms with Crippen molar-refractivity contribution in [2.45, 2.75) is 6.10 Å². The quantitative estimate of drug-likeness (QED) is 0.574. The Balaban J connectivity index is 1.75. The molecule has 2 aliphatic heterocycles. The van der Waals surface area contributed by atoms with E-state index in [-0.39, 0.29) is 6.10 Å². The maximum atomic E-state index is 9.60. The van der Waals surface area contributed by atoms with Gasteiger partial charge in [0.2, 0.25) is 0 Å². The second-order valence-electron chi connectivity index (χ2n) is 3.90. The summed E-state index contributed by atoms with van der Waals surface area (Å²) < 4.78 is 5.27. The smallest absolute Gasteiger partial charge is 0.0717 e. The normalized spacial score (nSPS) is 36.7. The fourth-order valence-electron chi connectivity index (χ4n) is 2.02. The van der Waals surface area contributed by atoms with E-state index in [0.717, 1.165) is 45.9 Å². The zero-order valence-corrected chi connectivity index (χ0v) is 7.91. The molecular formula is C9H18N2O2. The molecule has 0 bridgehead atoms. The van der Waals surface area contributed by atoms with Crippen LogP contribution in [0.15, 0.2) is 0 Å². The minimum absolute atomic E-state index is 0.150. The number of rotatable bonds is 2. The van der Waals surface area contributed by atoms with Crippen molar-refractivity contribution in [3.05, 3.63) is 0 Å².